The van der Waals surface area contributed by atoms with E-state index in [0.29, 0.717) is 17.5 Å². The van der Waals surface area contributed by atoms with E-state index >= 15 is 0 Å². The van der Waals surface area contributed by atoms with Crippen LogP contribution in [0.3, 0.4) is 0 Å². The second-order valence-electron chi connectivity index (χ2n) is 5.51. The van der Waals surface area contributed by atoms with Crippen LogP contribution in [0.2, 0.25) is 0 Å². The highest BCUT2D eigenvalue weighted by molar-refractivity contribution is 7.88. The first kappa shape index (κ1) is 17.4. The number of methoxy groups -OCH3 is 1. The summed E-state index contributed by atoms with van der Waals surface area (Å²) in [6, 6.07) is 8.24. The van der Waals surface area contributed by atoms with Crippen molar-refractivity contribution >= 4 is 16.0 Å². The fraction of sp³-hybridized carbons (Fsp3) is 0.467. The summed E-state index contributed by atoms with van der Waals surface area (Å²) in [6.45, 7) is -0.0459. The van der Waals surface area contributed by atoms with E-state index in [0.717, 1.165) is 4.31 Å². The van der Waals surface area contributed by atoms with Gasteiger partial charge in [0, 0.05) is 13.7 Å². The van der Waals surface area contributed by atoms with E-state index in [1.165, 1.54) is 13.2 Å². The minimum atomic E-state index is -3.85. The van der Waals surface area contributed by atoms with Crippen LogP contribution in [0.25, 0.3) is 0 Å². The van der Waals surface area contributed by atoms with Gasteiger partial charge in [-0.1, -0.05) is 12.1 Å². The summed E-state index contributed by atoms with van der Waals surface area (Å²) in [4.78, 5) is 11.7. The van der Waals surface area contributed by atoms with E-state index < -0.39 is 21.5 Å². The smallest absolute Gasteiger partial charge is 0.327 e. The molecule has 7 nitrogen and oxygen atoms in total. The normalized spacial score (nSPS) is 21.9. The summed E-state index contributed by atoms with van der Waals surface area (Å²) in [5.41, 5.74) is -0.742. The summed E-state index contributed by atoms with van der Waals surface area (Å²) in [6.07, 6.45) is 0.681. The van der Waals surface area contributed by atoms with Gasteiger partial charge in [0.05, 0.1) is 24.0 Å². The van der Waals surface area contributed by atoms with Crippen molar-refractivity contribution in [3.05, 3.63) is 35.4 Å². The van der Waals surface area contributed by atoms with Crippen LogP contribution in [0.4, 0.5) is 0 Å². The van der Waals surface area contributed by atoms with Crippen molar-refractivity contribution in [3.8, 4) is 6.07 Å². The highest BCUT2D eigenvalue weighted by atomic mass is 32.2. The zero-order chi connectivity index (χ0) is 17.1. The molecule has 1 fully saturated rings. The Kier molecular flexibility index (Phi) is 5.04. The van der Waals surface area contributed by atoms with Crippen molar-refractivity contribution < 1.29 is 23.1 Å². The number of hydrogen-bond acceptors (Lipinski definition) is 5. The predicted molar refractivity (Wildman–Crippen MR) is 82.0 cm³/mol. The van der Waals surface area contributed by atoms with Gasteiger partial charge >= 0.3 is 5.97 Å². The number of nitriles is 1. The van der Waals surface area contributed by atoms with Crippen molar-refractivity contribution in [2.45, 2.75) is 24.1 Å². The lowest BCUT2D eigenvalue weighted by Crippen LogP contribution is -2.56. The number of rotatable bonds is 6. The van der Waals surface area contributed by atoms with Gasteiger partial charge in [0.25, 0.3) is 0 Å². The number of carboxylic acid groups (broad SMARTS) is 1. The third-order valence-corrected chi connectivity index (χ3v) is 5.85. The van der Waals surface area contributed by atoms with Crippen LogP contribution >= 0.6 is 0 Å². The predicted octanol–water partition coefficient (Wildman–Crippen LogP) is 0.954. The van der Waals surface area contributed by atoms with E-state index in [2.05, 4.69) is 0 Å². The highest BCUT2D eigenvalue weighted by Gasteiger charge is 2.53. The van der Waals surface area contributed by atoms with Crippen molar-refractivity contribution in [1.82, 2.24) is 4.31 Å². The fourth-order valence-electron chi connectivity index (χ4n) is 2.94. The molecule has 1 aromatic rings. The highest BCUT2D eigenvalue weighted by Crippen LogP contribution is 2.34. The van der Waals surface area contributed by atoms with Gasteiger partial charge in [0.1, 0.15) is 0 Å². The van der Waals surface area contributed by atoms with Crippen molar-refractivity contribution in [3.63, 3.8) is 0 Å². The lowest BCUT2D eigenvalue weighted by Gasteiger charge is -2.33. The lowest BCUT2D eigenvalue weighted by molar-refractivity contribution is -0.150. The first-order valence-corrected chi connectivity index (χ1v) is 8.68. The summed E-state index contributed by atoms with van der Waals surface area (Å²) in [5.74, 6) is -1.55. The zero-order valence-corrected chi connectivity index (χ0v) is 13.5. The Hall–Kier alpha value is -1.95. The molecule has 2 rings (SSSR count). The van der Waals surface area contributed by atoms with Gasteiger partial charge in [0.2, 0.25) is 10.0 Å². The Morgan fingerprint density at radius 1 is 1.52 bits per heavy atom. The Labute approximate surface area is 135 Å². The number of benzene rings is 1. The van der Waals surface area contributed by atoms with Gasteiger partial charge in [-0.2, -0.15) is 9.57 Å². The van der Waals surface area contributed by atoms with Gasteiger partial charge in [-0.3, -0.25) is 4.79 Å². The minimum Gasteiger partial charge on any atom is -0.480 e. The molecule has 0 aromatic heterocycles. The topological polar surface area (TPSA) is 108 Å². The molecule has 0 aliphatic carbocycles. The molecule has 1 unspecified atom stereocenters. The molecule has 1 N–H and O–H groups in total. The maximum absolute atomic E-state index is 12.7. The monoisotopic (exact) mass is 338 g/mol. The molecule has 1 heterocycles. The Balaban J connectivity index is 2.34. The van der Waals surface area contributed by atoms with Gasteiger partial charge in [-0.05, 0) is 30.5 Å². The summed E-state index contributed by atoms with van der Waals surface area (Å²) in [5, 5.41) is 18.4. The van der Waals surface area contributed by atoms with Crippen LogP contribution in [-0.4, -0.2) is 49.6 Å². The van der Waals surface area contributed by atoms with E-state index in [1.54, 1.807) is 18.2 Å². The Morgan fingerprint density at radius 2 is 2.26 bits per heavy atom. The Bertz CT molecular complexity index is 740. The molecule has 1 saturated heterocycles. The lowest BCUT2D eigenvalue weighted by atomic mass is 9.99. The van der Waals surface area contributed by atoms with Gasteiger partial charge in [-0.15, -0.1) is 0 Å². The molecule has 0 bridgehead atoms. The SMILES string of the molecule is COCC1(C(=O)O)CCCN1S(=O)(=O)Cc1cccc(C#N)c1. The molecule has 0 radical (unpaired) electrons. The Morgan fingerprint density at radius 3 is 2.87 bits per heavy atom. The molecule has 0 spiro atoms. The maximum atomic E-state index is 12.7. The molecule has 23 heavy (non-hydrogen) atoms. The molecule has 0 amide bonds. The van der Waals surface area contributed by atoms with Crippen LogP contribution in [0.5, 0.6) is 0 Å². The molecule has 1 atom stereocenters. The minimum absolute atomic E-state index is 0.149. The van der Waals surface area contributed by atoms with Crippen molar-refractivity contribution in [1.29, 1.82) is 5.26 Å². The molecule has 1 aliphatic heterocycles. The summed E-state index contributed by atoms with van der Waals surface area (Å²) in [7, 11) is -2.50. The van der Waals surface area contributed by atoms with E-state index in [-0.39, 0.29) is 25.3 Å². The molecular formula is C15H18N2O5S. The van der Waals surface area contributed by atoms with Gasteiger partial charge in [-0.25, -0.2) is 8.42 Å². The number of aliphatic carboxylic acids is 1. The first-order valence-electron chi connectivity index (χ1n) is 7.07. The summed E-state index contributed by atoms with van der Waals surface area (Å²) >= 11 is 0. The molecule has 124 valence electrons. The molecule has 1 aliphatic rings. The van der Waals surface area contributed by atoms with E-state index in [1.807, 2.05) is 6.07 Å². The quantitative estimate of drug-likeness (QED) is 0.827. The first-order chi connectivity index (χ1) is 10.9. The third-order valence-electron chi connectivity index (χ3n) is 3.95. The molecule has 0 saturated carbocycles. The van der Waals surface area contributed by atoms with E-state index in [9.17, 15) is 18.3 Å². The van der Waals surface area contributed by atoms with Crippen LogP contribution < -0.4 is 0 Å². The third kappa shape index (κ3) is 3.37. The fourth-order valence-corrected chi connectivity index (χ4v) is 4.86. The average molecular weight is 338 g/mol. The van der Waals surface area contributed by atoms with Crippen molar-refractivity contribution in [2.75, 3.05) is 20.3 Å². The van der Waals surface area contributed by atoms with E-state index in [4.69, 9.17) is 10.00 Å². The van der Waals surface area contributed by atoms with Crippen LogP contribution in [0.15, 0.2) is 24.3 Å². The zero-order valence-electron chi connectivity index (χ0n) is 12.7. The van der Waals surface area contributed by atoms with Gasteiger partial charge < -0.3 is 9.84 Å². The number of carboxylic acids is 1. The van der Waals surface area contributed by atoms with Gasteiger partial charge in [0.15, 0.2) is 5.54 Å². The number of carbonyl (C=O) groups is 1. The number of ether oxygens (including phenoxy) is 1. The average Bonchev–Trinajstić information content (AvgIpc) is 2.93. The summed E-state index contributed by atoms with van der Waals surface area (Å²) < 4.78 is 31.4. The number of hydrogen-bond donors (Lipinski definition) is 1. The molecule has 8 heteroatoms. The van der Waals surface area contributed by atoms with Crippen LogP contribution in [0.1, 0.15) is 24.0 Å². The number of sulfonamides is 1. The van der Waals surface area contributed by atoms with Crippen LogP contribution in [-0.2, 0) is 25.3 Å². The second-order valence-corrected chi connectivity index (χ2v) is 7.41. The second kappa shape index (κ2) is 6.66. The molecular weight excluding hydrogens is 320 g/mol. The molecule has 1 aromatic carbocycles. The standard InChI is InChI=1S/C15H18N2O5S/c1-22-11-15(14(18)19)6-3-7-17(15)23(20,21)10-13-5-2-4-12(8-13)9-16/h2,4-5,8H,3,6-7,10-11H2,1H3,(H,18,19). The van der Waals surface area contributed by atoms with Crippen LogP contribution in [0, 0.1) is 11.3 Å². The largest absolute Gasteiger partial charge is 0.480 e. The maximum Gasteiger partial charge on any atom is 0.327 e. The number of nitrogens with zero attached hydrogens (tertiary/aromatic N) is 2. The van der Waals surface area contributed by atoms with Crippen molar-refractivity contribution in [2.24, 2.45) is 0 Å².